The van der Waals surface area contributed by atoms with E-state index in [0.29, 0.717) is 11.9 Å². The van der Waals surface area contributed by atoms with Crippen molar-refractivity contribution in [1.82, 2.24) is 14.5 Å². The molecule has 2 saturated heterocycles. The van der Waals surface area contributed by atoms with Crippen LogP contribution < -0.4 is 0 Å². The van der Waals surface area contributed by atoms with Gasteiger partial charge in [-0.05, 0) is 32.6 Å². The van der Waals surface area contributed by atoms with E-state index in [9.17, 15) is 4.79 Å². The topological polar surface area (TPSA) is 47.4 Å². The predicted molar refractivity (Wildman–Crippen MR) is 101 cm³/mol. The van der Waals surface area contributed by atoms with E-state index in [1.807, 2.05) is 12.3 Å². The molecule has 2 aliphatic heterocycles. The second-order valence-electron chi connectivity index (χ2n) is 7.40. The van der Waals surface area contributed by atoms with Gasteiger partial charge in [0.15, 0.2) is 0 Å². The molecule has 2 fully saturated rings. The summed E-state index contributed by atoms with van der Waals surface area (Å²) in [5.74, 6) is 1.53. The van der Waals surface area contributed by atoms with E-state index in [1.165, 1.54) is 5.69 Å². The molecular weight excluding hydrogens is 326 g/mol. The number of rotatable bonds is 3. The lowest BCUT2D eigenvalue weighted by atomic mass is 9.96. The number of carbonyl (C=O) groups is 1. The van der Waals surface area contributed by atoms with Crippen LogP contribution in [0.2, 0.25) is 0 Å². The minimum absolute atomic E-state index is 0.162. The molecule has 0 atom stereocenters. The van der Waals surface area contributed by atoms with Crippen LogP contribution in [-0.2, 0) is 9.53 Å². The van der Waals surface area contributed by atoms with Gasteiger partial charge in [0.05, 0.1) is 0 Å². The summed E-state index contributed by atoms with van der Waals surface area (Å²) in [7, 11) is 0. The van der Waals surface area contributed by atoms with Gasteiger partial charge in [0.1, 0.15) is 5.82 Å². The number of likely N-dealkylation sites (tertiary alicyclic amines) is 1. The van der Waals surface area contributed by atoms with Crippen LogP contribution in [0.3, 0.4) is 0 Å². The van der Waals surface area contributed by atoms with Crippen LogP contribution in [0.4, 0.5) is 0 Å². The minimum atomic E-state index is 0.162. The lowest BCUT2D eigenvalue weighted by Gasteiger charge is -2.36. The molecule has 0 saturated carbocycles. The number of aromatic nitrogens is 2. The Morgan fingerprint density at radius 3 is 2.46 bits per heavy atom. The van der Waals surface area contributed by atoms with E-state index in [1.54, 1.807) is 0 Å². The summed E-state index contributed by atoms with van der Waals surface area (Å²) in [6.07, 6.45) is 5.69. The lowest BCUT2D eigenvalue weighted by molar-refractivity contribution is -0.139. The normalized spacial score (nSPS) is 19.7. The van der Waals surface area contributed by atoms with Gasteiger partial charge in [-0.3, -0.25) is 4.79 Å². The maximum Gasteiger partial charge on any atom is 0.225 e. The van der Waals surface area contributed by atoms with E-state index in [0.717, 1.165) is 63.4 Å². The van der Waals surface area contributed by atoms with Crippen molar-refractivity contribution in [2.75, 3.05) is 26.3 Å². The van der Waals surface area contributed by atoms with E-state index in [4.69, 9.17) is 4.74 Å². The van der Waals surface area contributed by atoms with Crippen LogP contribution in [0.1, 0.15) is 37.4 Å². The quantitative estimate of drug-likeness (QED) is 0.849. The number of nitrogens with zero attached hydrogens (tertiary/aromatic N) is 3. The molecule has 4 rings (SSSR count). The first-order chi connectivity index (χ1) is 12.7. The molecule has 0 unspecified atom stereocenters. The van der Waals surface area contributed by atoms with Gasteiger partial charge in [-0.1, -0.05) is 30.3 Å². The molecule has 2 aromatic rings. The van der Waals surface area contributed by atoms with Crippen LogP contribution in [0.5, 0.6) is 0 Å². The third-order valence-electron chi connectivity index (χ3n) is 5.73. The van der Waals surface area contributed by atoms with E-state index in [2.05, 4.69) is 45.6 Å². The Morgan fingerprint density at radius 2 is 1.77 bits per heavy atom. The fourth-order valence-electron chi connectivity index (χ4n) is 4.25. The number of amides is 1. The van der Waals surface area contributed by atoms with Crippen LogP contribution in [0, 0.1) is 12.8 Å². The van der Waals surface area contributed by atoms with Gasteiger partial charge in [-0.25, -0.2) is 4.98 Å². The lowest BCUT2D eigenvalue weighted by Crippen LogP contribution is -2.43. The van der Waals surface area contributed by atoms with Crippen molar-refractivity contribution in [3.8, 4) is 11.4 Å². The molecule has 5 nitrogen and oxygen atoms in total. The zero-order valence-corrected chi connectivity index (χ0v) is 15.4. The number of imidazole rings is 1. The van der Waals surface area contributed by atoms with Gasteiger partial charge in [-0.2, -0.15) is 0 Å². The summed E-state index contributed by atoms with van der Waals surface area (Å²) >= 11 is 0. The number of piperidine rings is 1. The first-order valence-electron chi connectivity index (χ1n) is 9.70. The molecule has 26 heavy (non-hydrogen) atoms. The van der Waals surface area contributed by atoms with Crippen LogP contribution >= 0.6 is 0 Å². The summed E-state index contributed by atoms with van der Waals surface area (Å²) in [6, 6.07) is 10.8. The number of hydrogen-bond acceptors (Lipinski definition) is 3. The largest absolute Gasteiger partial charge is 0.381 e. The third-order valence-corrected chi connectivity index (χ3v) is 5.73. The highest BCUT2D eigenvalue weighted by atomic mass is 16.5. The second kappa shape index (κ2) is 7.62. The number of aryl methyl sites for hydroxylation is 1. The highest BCUT2D eigenvalue weighted by molar-refractivity contribution is 5.79. The van der Waals surface area contributed by atoms with Gasteiger partial charge >= 0.3 is 0 Å². The van der Waals surface area contributed by atoms with Crippen LogP contribution in [0.15, 0.2) is 36.5 Å². The second-order valence-corrected chi connectivity index (χ2v) is 7.40. The highest BCUT2D eigenvalue weighted by Gasteiger charge is 2.30. The average molecular weight is 353 g/mol. The van der Waals surface area contributed by atoms with E-state index < -0.39 is 0 Å². The Morgan fingerprint density at radius 1 is 1.08 bits per heavy atom. The Kier molecular flexibility index (Phi) is 5.07. The standard InChI is InChI=1S/C21H27N3O2/c1-16-15-22-20(17-5-3-2-4-6-17)24(16)19-7-11-23(12-8-19)21(25)18-9-13-26-14-10-18/h2-6,15,18-19H,7-14H2,1H3. The highest BCUT2D eigenvalue weighted by Crippen LogP contribution is 2.31. The molecule has 5 heteroatoms. The first-order valence-corrected chi connectivity index (χ1v) is 9.70. The number of hydrogen-bond donors (Lipinski definition) is 0. The minimum Gasteiger partial charge on any atom is -0.381 e. The molecule has 0 N–H and O–H groups in total. The Hall–Kier alpha value is -2.14. The Labute approximate surface area is 155 Å². The zero-order chi connectivity index (χ0) is 17.9. The van der Waals surface area contributed by atoms with Gasteiger partial charge < -0.3 is 14.2 Å². The van der Waals surface area contributed by atoms with Crippen molar-refractivity contribution in [3.63, 3.8) is 0 Å². The summed E-state index contributed by atoms with van der Waals surface area (Å²) in [5, 5.41) is 0. The summed E-state index contributed by atoms with van der Waals surface area (Å²) < 4.78 is 7.76. The summed E-state index contributed by atoms with van der Waals surface area (Å²) in [5.41, 5.74) is 2.35. The molecular formula is C21H27N3O2. The molecule has 1 aromatic heterocycles. The molecule has 138 valence electrons. The molecule has 2 aliphatic rings. The Bertz CT molecular complexity index is 742. The Balaban J connectivity index is 1.45. The van der Waals surface area contributed by atoms with Crippen molar-refractivity contribution >= 4 is 5.91 Å². The third kappa shape index (κ3) is 3.40. The molecule has 0 bridgehead atoms. The summed E-state index contributed by atoms with van der Waals surface area (Å²) in [6.45, 7) is 5.25. The SMILES string of the molecule is Cc1cnc(-c2ccccc2)n1C1CCN(C(=O)C2CCOCC2)CC1. The monoisotopic (exact) mass is 353 g/mol. The fourth-order valence-corrected chi connectivity index (χ4v) is 4.25. The fraction of sp³-hybridized carbons (Fsp3) is 0.524. The first kappa shape index (κ1) is 17.3. The maximum absolute atomic E-state index is 12.8. The molecule has 3 heterocycles. The van der Waals surface area contributed by atoms with Gasteiger partial charge in [0.25, 0.3) is 0 Å². The molecule has 1 aromatic carbocycles. The molecule has 1 amide bonds. The molecule has 0 spiro atoms. The number of ether oxygens (including phenoxy) is 1. The number of benzene rings is 1. The van der Waals surface area contributed by atoms with E-state index in [-0.39, 0.29) is 5.92 Å². The van der Waals surface area contributed by atoms with Crippen molar-refractivity contribution in [2.24, 2.45) is 5.92 Å². The number of carbonyl (C=O) groups excluding carboxylic acids is 1. The van der Waals surface area contributed by atoms with E-state index >= 15 is 0 Å². The van der Waals surface area contributed by atoms with Crippen molar-refractivity contribution in [2.45, 2.75) is 38.6 Å². The van der Waals surface area contributed by atoms with Gasteiger partial charge in [-0.15, -0.1) is 0 Å². The maximum atomic E-state index is 12.8. The smallest absolute Gasteiger partial charge is 0.225 e. The van der Waals surface area contributed by atoms with Crippen LogP contribution in [-0.4, -0.2) is 46.7 Å². The van der Waals surface area contributed by atoms with Gasteiger partial charge in [0, 0.05) is 55.7 Å². The average Bonchev–Trinajstić information content (AvgIpc) is 3.10. The molecule has 0 aliphatic carbocycles. The van der Waals surface area contributed by atoms with Crippen molar-refractivity contribution in [1.29, 1.82) is 0 Å². The zero-order valence-electron chi connectivity index (χ0n) is 15.4. The molecule has 0 radical (unpaired) electrons. The summed E-state index contributed by atoms with van der Waals surface area (Å²) in [4.78, 5) is 19.5. The van der Waals surface area contributed by atoms with Crippen molar-refractivity contribution < 1.29 is 9.53 Å². The van der Waals surface area contributed by atoms with Gasteiger partial charge in [0.2, 0.25) is 5.91 Å². The van der Waals surface area contributed by atoms with Crippen molar-refractivity contribution in [3.05, 3.63) is 42.2 Å². The van der Waals surface area contributed by atoms with Crippen LogP contribution in [0.25, 0.3) is 11.4 Å². The predicted octanol–water partition coefficient (Wildman–Crippen LogP) is 3.45.